The molecule has 1 aromatic carbocycles. The predicted octanol–water partition coefficient (Wildman–Crippen LogP) is 5.47. The highest BCUT2D eigenvalue weighted by Crippen LogP contribution is 2.59. The molecule has 0 bridgehead atoms. The number of hydrogen-bond acceptors (Lipinski definition) is 3. The van der Waals surface area contributed by atoms with Gasteiger partial charge in [-0.15, -0.1) is 0 Å². The largest absolute Gasteiger partial charge is 0.460 e. The van der Waals surface area contributed by atoms with Crippen molar-refractivity contribution in [3.8, 4) is 0 Å². The summed E-state index contributed by atoms with van der Waals surface area (Å²) in [6.07, 6.45) is -7.27. The normalized spacial score (nSPS) is 14.6. The van der Waals surface area contributed by atoms with Crippen molar-refractivity contribution in [1.29, 1.82) is 0 Å². The van der Waals surface area contributed by atoms with Crippen molar-refractivity contribution < 1.29 is 48.3 Å². The lowest BCUT2D eigenvalue weighted by Gasteiger charge is -2.36. The third-order valence-electron chi connectivity index (χ3n) is 4.06. The first-order chi connectivity index (χ1) is 13.5. The second-order valence-corrected chi connectivity index (χ2v) is 6.97. The predicted molar refractivity (Wildman–Crippen MR) is 81.6 cm³/mol. The highest BCUT2D eigenvalue weighted by atomic mass is 32.1. The number of para-hydroxylation sites is 1. The van der Waals surface area contributed by atoms with Gasteiger partial charge in [0.15, 0.2) is 4.96 Å². The Kier molecular flexibility index (Phi) is 4.65. The van der Waals surface area contributed by atoms with E-state index in [2.05, 4.69) is 4.98 Å². The van der Waals surface area contributed by atoms with Crippen LogP contribution in [0.1, 0.15) is 5.69 Å². The minimum absolute atomic E-state index is 0.0885. The highest BCUT2D eigenvalue weighted by Gasteiger charge is 2.87. The van der Waals surface area contributed by atoms with Crippen LogP contribution in [-0.4, -0.2) is 33.3 Å². The van der Waals surface area contributed by atoms with Crippen LogP contribution in [0.4, 0.5) is 48.3 Å². The van der Waals surface area contributed by atoms with Crippen LogP contribution in [-0.2, 0) is 5.92 Å². The standard InChI is InChI=1S/C15H5F11N2OS/c16-11(17,12(18,19)13(20,21)14(22,23)15(24,25)26)8-5-9(29)28-6-3-1-2-4-7(6)30-10(28)27-8/h1-5H. The van der Waals surface area contributed by atoms with Gasteiger partial charge >= 0.3 is 29.9 Å². The number of benzene rings is 1. The number of fused-ring (bicyclic) bond motifs is 3. The van der Waals surface area contributed by atoms with E-state index in [1.807, 2.05) is 0 Å². The Labute approximate surface area is 161 Å². The van der Waals surface area contributed by atoms with Gasteiger partial charge in [-0.3, -0.25) is 9.20 Å². The van der Waals surface area contributed by atoms with Crippen LogP contribution < -0.4 is 5.56 Å². The van der Waals surface area contributed by atoms with E-state index in [-0.39, 0.29) is 16.3 Å². The Bertz CT molecular complexity index is 1180. The van der Waals surface area contributed by atoms with Crippen molar-refractivity contribution in [3.05, 3.63) is 46.4 Å². The highest BCUT2D eigenvalue weighted by molar-refractivity contribution is 7.23. The molecule has 0 radical (unpaired) electrons. The average Bonchev–Trinajstić information content (AvgIpc) is 2.99. The fourth-order valence-electron chi connectivity index (χ4n) is 2.47. The summed E-state index contributed by atoms with van der Waals surface area (Å²) in [4.78, 5) is 14.4. The summed E-state index contributed by atoms with van der Waals surface area (Å²) in [6.45, 7) is 0. The number of alkyl halides is 11. The van der Waals surface area contributed by atoms with E-state index >= 15 is 0 Å². The molecule has 15 heteroatoms. The van der Waals surface area contributed by atoms with Crippen LogP contribution >= 0.6 is 11.3 Å². The molecule has 0 aliphatic heterocycles. The van der Waals surface area contributed by atoms with Crippen LogP contribution in [0.3, 0.4) is 0 Å². The third kappa shape index (κ3) is 2.77. The Balaban J connectivity index is 2.22. The minimum Gasteiger partial charge on any atom is -0.269 e. The Morgan fingerprint density at radius 3 is 1.93 bits per heavy atom. The second-order valence-electron chi connectivity index (χ2n) is 5.96. The first-order valence-electron chi connectivity index (χ1n) is 7.46. The lowest BCUT2D eigenvalue weighted by Crippen LogP contribution is -2.65. The molecule has 0 fully saturated rings. The second kappa shape index (κ2) is 6.28. The number of aromatic nitrogens is 2. The van der Waals surface area contributed by atoms with Gasteiger partial charge in [-0.1, -0.05) is 23.5 Å². The molecule has 0 unspecified atom stereocenters. The van der Waals surface area contributed by atoms with Crippen molar-refractivity contribution in [2.75, 3.05) is 0 Å². The zero-order valence-electron chi connectivity index (χ0n) is 13.8. The molecule has 3 aromatic rings. The molecule has 0 atom stereocenters. The Morgan fingerprint density at radius 2 is 1.37 bits per heavy atom. The summed E-state index contributed by atoms with van der Waals surface area (Å²) in [7, 11) is 0. The van der Waals surface area contributed by atoms with Gasteiger partial charge in [-0.25, -0.2) is 4.98 Å². The first kappa shape index (κ1) is 22.2. The minimum atomic E-state index is -7.57. The molecule has 2 aromatic heterocycles. The van der Waals surface area contributed by atoms with E-state index in [0.29, 0.717) is 15.7 Å². The van der Waals surface area contributed by atoms with Gasteiger partial charge in [0.1, 0.15) is 5.69 Å². The van der Waals surface area contributed by atoms with E-state index < -0.39 is 46.1 Å². The molecule has 0 saturated heterocycles. The third-order valence-corrected chi connectivity index (χ3v) is 5.08. The van der Waals surface area contributed by atoms with Gasteiger partial charge in [0.2, 0.25) is 0 Å². The lowest BCUT2D eigenvalue weighted by atomic mass is 9.96. The van der Waals surface area contributed by atoms with Crippen LogP contribution in [0, 0.1) is 0 Å². The topological polar surface area (TPSA) is 34.4 Å². The average molecular weight is 470 g/mol. The molecule has 0 N–H and O–H groups in total. The van der Waals surface area contributed by atoms with E-state index in [9.17, 15) is 53.1 Å². The van der Waals surface area contributed by atoms with E-state index in [4.69, 9.17) is 0 Å². The molecular weight excluding hydrogens is 465 g/mol. The summed E-state index contributed by atoms with van der Waals surface area (Å²) >= 11 is 0.492. The van der Waals surface area contributed by atoms with Crippen LogP contribution in [0.15, 0.2) is 35.1 Å². The molecule has 0 saturated carbocycles. The molecule has 0 aliphatic carbocycles. The molecule has 164 valence electrons. The van der Waals surface area contributed by atoms with Gasteiger partial charge in [0.05, 0.1) is 10.2 Å². The SMILES string of the molecule is O=c1cc(C(F)(F)C(F)(F)C(F)(F)C(F)(F)C(F)(F)F)nc2sc3ccccc3n12. The molecule has 0 aliphatic rings. The fourth-order valence-corrected chi connectivity index (χ4v) is 3.50. The summed E-state index contributed by atoms with van der Waals surface area (Å²) in [5.41, 5.74) is -3.76. The maximum absolute atomic E-state index is 14.2. The molecule has 3 rings (SSSR count). The number of halogens is 11. The molecule has 0 amide bonds. The lowest BCUT2D eigenvalue weighted by molar-refractivity contribution is -0.425. The van der Waals surface area contributed by atoms with Crippen molar-refractivity contribution in [1.82, 2.24) is 9.38 Å². The molecule has 3 nitrogen and oxygen atoms in total. The van der Waals surface area contributed by atoms with Crippen molar-refractivity contribution in [2.24, 2.45) is 0 Å². The number of thiazole rings is 1. The van der Waals surface area contributed by atoms with Gasteiger partial charge < -0.3 is 0 Å². The molecular formula is C15H5F11N2OS. The number of nitrogens with zero attached hydrogens (tertiary/aromatic N) is 2. The molecule has 2 heterocycles. The summed E-state index contributed by atoms with van der Waals surface area (Å²) < 4.78 is 146. The van der Waals surface area contributed by atoms with E-state index in [1.165, 1.54) is 24.3 Å². The monoisotopic (exact) mass is 470 g/mol. The quantitative estimate of drug-likeness (QED) is 0.474. The van der Waals surface area contributed by atoms with E-state index in [0.717, 1.165) is 0 Å². The molecule has 30 heavy (non-hydrogen) atoms. The van der Waals surface area contributed by atoms with Crippen LogP contribution in [0.5, 0.6) is 0 Å². The zero-order chi connectivity index (χ0) is 22.9. The fraction of sp³-hybridized carbons (Fsp3) is 0.333. The smallest absolute Gasteiger partial charge is 0.269 e. The van der Waals surface area contributed by atoms with E-state index in [1.54, 1.807) is 0 Å². The first-order valence-corrected chi connectivity index (χ1v) is 8.28. The van der Waals surface area contributed by atoms with Crippen molar-refractivity contribution >= 4 is 26.5 Å². The van der Waals surface area contributed by atoms with Crippen LogP contribution in [0.25, 0.3) is 15.2 Å². The Morgan fingerprint density at radius 1 is 0.800 bits per heavy atom. The zero-order valence-corrected chi connectivity index (χ0v) is 14.6. The number of hydrogen-bond donors (Lipinski definition) is 0. The maximum atomic E-state index is 14.2. The maximum Gasteiger partial charge on any atom is 0.460 e. The van der Waals surface area contributed by atoms with Crippen molar-refractivity contribution in [2.45, 2.75) is 29.9 Å². The van der Waals surface area contributed by atoms with Gasteiger partial charge in [-0.2, -0.15) is 48.3 Å². The summed E-state index contributed by atoms with van der Waals surface area (Å²) in [5, 5.41) is 0. The Hall–Kier alpha value is -2.45. The van der Waals surface area contributed by atoms with Crippen molar-refractivity contribution in [3.63, 3.8) is 0 Å². The van der Waals surface area contributed by atoms with Gasteiger partial charge in [0.25, 0.3) is 5.56 Å². The summed E-state index contributed by atoms with van der Waals surface area (Å²) in [6, 6.07) is 5.22. The van der Waals surface area contributed by atoms with Gasteiger partial charge in [-0.05, 0) is 12.1 Å². The van der Waals surface area contributed by atoms with Crippen LogP contribution in [0.2, 0.25) is 0 Å². The number of rotatable bonds is 4. The molecule has 0 spiro atoms. The van der Waals surface area contributed by atoms with Gasteiger partial charge in [0, 0.05) is 6.07 Å². The summed E-state index contributed by atoms with van der Waals surface area (Å²) in [5.74, 6) is -28.7.